The second kappa shape index (κ2) is 5.66. The highest BCUT2D eigenvalue weighted by Crippen LogP contribution is 2.24. The summed E-state index contributed by atoms with van der Waals surface area (Å²) in [6, 6.07) is 7.50. The molecule has 0 saturated heterocycles. The Hall–Kier alpha value is -3.68. The molecule has 0 fully saturated rings. The highest BCUT2D eigenvalue weighted by atomic mass is 16.1. The number of aromatic nitrogens is 4. The van der Waals surface area contributed by atoms with Crippen LogP contribution in [-0.2, 0) is 7.05 Å². The molecule has 1 unspecified atom stereocenters. The van der Waals surface area contributed by atoms with Crippen molar-refractivity contribution in [1.82, 2.24) is 30.3 Å². The van der Waals surface area contributed by atoms with Crippen LogP contribution in [0.15, 0.2) is 58.7 Å². The van der Waals surface area contributed by atoms with E-state index in [0.717, 1.165) is 16.8 Å². The number of hydrogen-bond acceptors (Lipinski definition) is 6. The first-order valence-electron chi connectivity index (χ1n) is 8.62. The zero-order valence-electron chi connectivity index (χ0n) is 14.8. The van der Waals surface area contributed by atoms with Gasteiger partial charge in [-0.25, -0.2) is 5.01 Å². The quantitative estimate of drug-likeness (QED) is 0.723. The lowest BCUT2D eigenvalue weighted by Crippen LogP contribution is -2.36. The van der Waals surface area contributed by atoms with Gasteiger partial charge in [0.1, 0.15) is 11.9 Å². The van der Waals surface area contributed by atoms with Crippen molar-refractivity contribution in [3.63, 3.8) is 0 Å². The van der Waals surface area contributed by atoms with Crippen molar-refractivity contribution in [1.29, 1.82) is 0 Å². The van der Waals surface area contributed by atoms with E-state index in [1.54, 1.807) is 4.68 Å². The molecular weight excluding hydrogens is 342 g/mol. The third kappa shape index (κ3) is 2.45. The SMILES string of the molecule is Cc1c(C2=NN3C=C(c4cn(C)nn4)C=CC3N2)[nH]c2ccccc2c1=O. The lowest BCUT2D eigenvalue weighted by Gasteiger charge is -2.20. The number of hydrazone groups is 1. The number of aromatic amines is 1. The molecule has 2 N–H and O–H groups in total. The molecule has 0 aliphatic carbocycles. The summed E-state index contributed by atoms with van der Waals surface area (Å²) in [6.45, 7) is 1.82. The lowest BCUT2D eigenvalue weighted by molar-refractivity contribution is 0.351. The van der Waals surface area contributed by atoms with Gasteiger partial charge in [0.15, 0.2) is 11.3 Å². The Morgan fingerprint density at radius 1 is 1.22 bits per heavy atom. The molecule has 5 rings (SSSR count). The molecule has 0 radical (unpaired) electrons. The number of pyridine rings is 1. The van der Waals surface area contributed by atoms with Gasteiger partial charge in [-0.05, 0) is 25.1 Å². The Balaban J connectivity index is 1.56. The summed E-state index contributed by atoms with van der Waals surface area (Å²) in [6.07, 6.45) is 7.68. The normalized spacial score (nSPS) is 18.3. The number of nitrogens with one attached hydrogen (secondary N) is 2. The minimum absolute atomic E-state index is 0.0139. The van der Waals surface area contributed by atoms with E-state index in [9.17, 15) is 4.79 Å². The molecule has 0 spiro atoms. The second-order valence-corrected chi connectivity index (χ2v) is 6.64. The third-order valence-electron chi connectivity index (χ3n) is 4.80. The van der Waals surface area contributed by atoms with Crippen LogP contribution in [0.25, 0.3) is 16.5 Å². The zero-order chi connectivity index (χ0) is 18.5. The average molecular weight is 359 g/mol. The maximum absolute atomic E-state index is 12.7. The first-order chi connectivity index (χ1) is 13.1. The monoisotopic (exact) mass is 359 g/mol. The van der Waals surface area contributed by atoms with Crippen LogP contribution in [0.3, 0.4) is 0 Å². The summed E-state index contributed by atoms with van der Waals surface area (Å²) in [5.74, 6) is 0.640. The number of H-pyrrole nitrogens is 1. The maximum atomic E-state index is 12.7. The van der Waals surface area contributed by atoms with Crippen LogP contribution in [0, 0.1) is 6.92 Å². The van der Waals surface area contributed by atoms with Gasteiger partial charge in [0.2, 0.25) is 0 Å². The van der Waals surface area contributed by atoms with Gasteiger partial charge in [0, 0.05) is 35.3 Å². The number of benzene rings is 1. The number of para-hydroxylation sites is 1. The highest BCUT2D eigenvalue weighted by Gasteiger charge is 2.28. The molecule has 0 bridgehead atoms. The van der Waals surface area contributed by atoms with Crippen LogP contribution in [-0.4, -0.2) is 37.0 Å². The van der Waals surface area contributed by atoms with E-state index >= 15 is 0 Å². The molecular formula is C19H17N7O. The third-order valence-corrected chi connectivity index (χ3v) is 4.80. The van der Waals surface area contributed by atoms with Crippen LogP contribution < -0.4 is 10.7 Å². The first-order valence-corrected chi connectivity index (χ1v) is 8.62. The molecule has 2 aromatic heterocycles. The molecule has 0 amide bonds. The molecule has 1 atom stereocenters. The van der Waals surface area contributed by atoms with Crippen molar-refractivity contribution < 1.29 is 0 Å². The fourth-order valence-electron chi connectivity index (χ4n) is 3.36. The summed E-state index contributed by atoms with van der Waals surface area (Å²) in [7, 11) is 1.83. The minimum Gasteiger partial charge on any atom is -0.352 e. The Kier molecular flexibility index (Phi) is 3.27. The van der Waals surface area contributed by atoms with Crippen LogP contribution in [0.2, 0.25) is 0 Å². The largest absolute Gasteiger partial charge is 0.352 e. The van der Waals surface area contributed by atoms with Gasteiger partial charge < -0.3 is 10.3 Å². The summed E-state index contributed by atoms with van der Waals surface area (Å²) < 4.78 is 1.66. The van der Waals surface area contributed by atoms with Crippen LogP contribution >= 0.6 is 0 Å². The Labute approximate surface area is 154 Å². The number of hydrogen-bond donors (Lipinski definition) is 2. The van der Waals surface area contributed by atoms with Gasteiger partial charge in [-0.15, -0.1) is 5.10 Å². The van der Waals surface area contributed by atoms with Crippen LogP contribution in [0.5, 0.6) is 0 Å². The summed E-state index contributed by atoms with van der Waals surface area (Å²) >= 11 is 0. The molecule has 134 valence electrons. The van der Waals surface area contributed by atoms with E-state index in [2.05, 4.69) is 25.7 Å². The topological polar surface area (TPSA) is 91.2 Å². The molecule has 1 aromatic carbocycles. The molecule has 4 heterocycles. The lowest BCUT2D eigenvalue weighted by atomic mass is 10.1. The Morgan fingerprint density at radius 2 is 2.07 bits per heavy atom. The van der Waals surface area contributed by atoms with Gasteiger partial charge in [0.05, 0.1) is 11.9 Å². The number of nitrogens with zero attached hydrogens (tertiary/aromatic N) is 5. The van der Waals surface area contributed by atoms with E-state index in [0.29, 0.717) is 22.5 Å². The van der Waals surface area contributed by atoms with Gasteiger partial charge in [-0.3, -0.25) is 9.48 Å². The van der Waals surface area contributed by atoms with E-state index in [4.69, 9.17) is 0 Å². The van der Waals surface area contributed by atoms with Crippen molar-refractivity contribution in [2.75, 3.05) is 0 Å². The van der Waals surface area contributed by atoms with Crippen molar-refractivity contribution in [2.24, 2.45) is 12.1 Å². The van der Waals surface area contributed by atoms with Crippen LogP contribution in [0.4, 0.5) is 0 Å². The molecule has 2 aliphatic rings. The van der Waals surface area contributed by atoms with Gasteiger partial charge >= 0.3 is 0 Å². The fourth-order valence-corrected chi connectivity index (χ4v) is 3.36. The zero-order valence-corrected chi connectivity index (χ0v) is 14.8. The number of allylic oxidation sites excluding steroid dienone is 2. The van der Waals surface area contributed by atoms with E-state index in [-0.39, 0.29) is 11.6 Å². The first kappa shape index (κ1) is 15.6. The summed E-state index contributed by atoms with van der Waals surface area (Å²) in [4.78, 5) is 16.0. The van der Waals surface area contributed by atoms with Crippen molar-refractivity contribution in [2.45, 2.75) is 13.1 Å². The van der Waals surface area contributed by atoms with Gasteiger partial charge in [-0.2, -0.15) is 5.10 Å². The molecule has 27 heavy (non-hydrogen) atoms. The molecule has 8 heteroatoms. The second-order valence-electron chi connectivity index (χ2n) is 6.64. The number of rotatable bonds is 2. The average Bonchev–Trinajstić information content (AvgIpc) is 3.30. The van der Waals surface area contributed by atoms with E-state index in [1.807, 2.05) is 67.8 Å². The van der Waals surface area contributed by atoms with Crippen LogP contribution in [0.1, 0.15) is 17.0 Å². The highest BCUT2D eigenvalue weighted by molar-refractivity contribution is 6.01. The smallest absolute Gasteiger partial charge is 0.193 e. The Morgan fingerprint density at radius 3 is 2.89 bits per heavy atom. The number of fused-ring (bicyclic) bond motifs is 2. The minimum atomic E-state index is -0.102. The Bertz CT molecular complexity index is 1210. The molecule has 3 aromatic rings. The van der Waals surface area contributed by atoms with Crippen molar-refractivity contribution in [3.8, 4) is 0 Å². The van der Waals surface area contributed by atoms with Gasteiger partial charge in [-0.1, -0.05) is 23.4 Å². The summed E-state index contributed by atoms with van der Waals surface area (Å²) in [5, 5.41) is 18.6. The molecule has 2 aliphatic heterocycles. The number of amidine groups is 1. The van der Waals surface area contributed by atoms with E-state index < -0.39 is 0 Å². The fraction of sp³-hybridized carbons (Fsp3) is 0.158. The summed E-state index contributed by atoms with van der Waals surface area (Å²) in [5.41, 5.74) is 3.86. The van der Waals surface area contributed by atoms with Crippen molar-refractivity contribution in [3.05, 3.63) is 76.0 Å². The van der Waals surface area contributed by atoms with Gasteiger partial charge in [0.25, 0.3) is 0 Å². The predicted molar refractivity (Wildman–Crippen MR) is 103 cm³/mol. The maximum Gasteiger partial charge on any atom is 0.193 e. The number of aryl methyl sites for hydroxylation is 1. The molecule has 0 saturated carbocycles. The predicted octanol–water partition coefficient (Wildman–Crippen LogP) is 1.47. The standard InChI is InChI=1S/C19H17N7O/c1-11-17(20-14-6-4-3-5-13(14)18(11)27)19-21-16-8-7-12(9-26(16)23-19)15-10-25(2)24-22-15/h3-10,16H,1-2H3,(H,20,27)(H,21,23). The van der Waals surface area contributed by atoms with Crippen molar-refractivity contribution >= 4 is 22.3 Å². The van der Waals surface area contributed by atoms with E-state index in [1.165, 1.54) is 0 Å². The molecule has 8 nitrogen and oxygen atoms in total.